The van der Waals surface area contributed by atoms with Crippen molar-refractivity contribution in [3.63, 3.8) is 0 Å². The molecular weight excluding hydrogens is 534 g/mol. The summed E-state index contributed by atoms with van der Waals surface area (Å²) in [7, 11) is 5.48. The summed E-state index contributed by atoms with van der Waals surface area (Å²) in [6, 6.07) is -0.608. The van der Waals surface area contributed by atoms with Gasteiger partial charge >= 0.3 is 17.9 Å². The van der Waals surface area contributed by atoms with Gasteiger partial charge in [0.1, 0.15) is 6.61 Å². The third-order valence-electron chi connectivity index (χ3n) is 7.41. The molecule has 0 aliphatic heterocycles. The molecule has 0 rings (SSSR count). The molecule has 8 nitrogen and oxygen atoms in total. The van der Waals surface area contributed by atoms with E-state index in [1.54, 1.807) is 0 Å². The van der Waals surface area contributed by atoms with Gasteiger partial charge in [0.05, 0.1) is 34.4 Å². The zero-order valence-electron chi connectivity index (χ0n) is 27.7. The van der Waals surface area contributed by atoms with Crippen LogP contribution in [-0.2, 0) is 28.6 Å². The summed E-state index contributed by atoms with van der Waals surface area (Å²) in [4.78, 5) is 36.0. The van der Waals surface area contributed by atoms with E-state index in [0.29, 0.717) is 19.3 Å². The third kappa shape index (κ3) is 24.6. The number of nitrogens with zero attached hydrogens (tertiary/aromatic N) is 1. The average Bonchev–Trinajstić information content (AvgIpc) is 2.93. The normalized spacial score (nSPS) is 13.3. The highest BCUT2D eigenvalue weighted by molar-refractivity contribution is 5.72. The Morgan fingerprint density at radius 1 is 0.690 bits per heavy atom. The first-order valence-electron chi connectivity index (χ1n) is 16.7. The lowest BCUT2D eigenvalue weighted by molar-refractivity contribution is -0.887. The number of allylic oxidation sites excluding steroid dienone is 2. The van der Waals surface area contributed by atoms with Gasteiger partial charge in [0, 0.05) is 19.3 Å². The minimum absolute atomic E-state index is 0.0571. The fourth-order valence-corrected chi connectivity index (χ4v) is 4.71. The highest BCUT2D eigenvalue weighted by Crippen LogP contribution is 2.12. The Morgan fingerprint density at radius 3 is 1.76 bits per heavy atom. The number of quaternary nitrogens is 1. The van der Waals surface area contributed by atoms with Gasteiger partial charge in [-0.3, -0.25) is 9.59 Å². The molecular formula is C34H64NO7+. The molecule has 0 saturated carbocycles. The van der Waals surface area contributed by atoms with Crippen molar-refractivity contribution >= 4 is 17.9 Å². The second kappa shape index (κ2) is 26.7. The number of unbranched alkanes of at least 4 members (excludes halogenated alkanes) is 13. The second-order valence-corrected chi connectivity index (χ2v) is 12.4. The number of carbonyl (C=O) groups is 3. The quantitative estimate of drug-likeness (QED) is 0.0409. The monoisotopic (exact) mass is 598 g/mol. The van der Waals surface area contributed by atoms with E-state index in [1.165, 1.54) is 57.8 Å². The van der Waals surface area contributed by atoms with Gasteiger partial charge in [-0.1, -0.05) is 90.2 Å². The van der Waals surface area contributed by atoms with Crippen molar-refractivity contribution in [2.75, 3.05) is 41.0 Å². The first-order chi connectivity index (χ1) is 20.1. The van der Waals surface area contributed by atoms with E-state index in [9.17, 15) is 19.5 Å². The number of likely N-dealkylation sites (N-methyl/N-ethyl adjacent to an activating group) is 1. The van der Waals surface area contributed by atoms with Gasteiger partial charge in [-0.15, -0.1) is 0 Å². The molecule has 0 bridgehead atoms. The molecule has 0 heterocycles. The predicted octanol–water partition coefficient (Wildman–Crippen LogP) is 7.63. The molecule has 0 amide bonds. The number of ether oxygens (including phenoxy) is 3. The first kappa shape index (κ1) is 40.1. The molecule has 1 N–H and O–H groups in total. The van der Waals surface area contributed by atoms with Gasteiger partial charge in [-0.05, 0) is 38.5 Å². The Balaban J connectivity index is 4.21. The largest absolute Gasteiger partial charge is 0.477 e. The van der Waals surface area contributed by atoms with Crippen LogP contribution in [0.4, 0.5) is 0 Å². The van der Waals surface area contributed by atoms with Crippen molar-refractivity contribution in [1.29, 1.82) is 0 Å². The van der Waals surface area contributed by atoms with E-state index in [-0.39, 0.29) is 36.2 Å². The lowest BCUT2D eigenvalue weighted by Gasteiger charge is -2.31. The van der Waals surface area contributed by atoms with Crippen LogP contribution in [0.3, 0.4) is 0 Å². The van der Waals surface area contributed by atoms with Crippen LogP contribution in [0.5, 0.6) is 0 Å². The predicted molar refractivity (Wildman–Crippen MR) is 169 cm³/mol. The van der Waals surface area contributed by atoms with E-state index >= 15 is 0 Å². The molecule has 0 spiro atoms. The molecule has 0 aromatic rings. The van der Waals surface area contributed by atoms with Crippen LogP contribution in [-0.4, -0.2) is 80.6 Å². The van der Waals surface area contributed by atoms with Crippen LogP contribution in [0, 0.1) is 0 Å². The van der Waals surface area contributed by atoms with Crippen LogP contribution in [0.2, 0.25) is 0 Å². The number of esters is 2. The summed E-state index contributed by atoms with van der Waals surface area (Å²) in [5.41, 5.74) is 0. The molecule has 42 heavy (non-hydrogen) atoms. The lowest BCUT2D eigenvalue weighted by atomic mass is 10.1. The highest BCUT2D eigenvalue weighted by atomic mass is 16.6. The van der Waals surface area contributed by atoms with Crippen LogP contribution < -0.4 is 0 Å². The Morgan fingerprint density at radius 2 is 1.21 bits per heavy atom. The number of aliphatic carboxylic acids is 1. The minimum atomic E-state index is -0.880. The number of carboxylic acids is 1. The first-order valence-corrected chi connectivity index (χ1v) is 16.7. The number of carboxylic acid groups (broad SMARTS) is 1. The average molecular weight is 599 g/mol. The van der Waals surface area contributed by atoms with Gasteiger partial charge in [-0.25, -0.2) is 4.79 Å². The van der Waals surface area contributed by atoms with E-state index in [2.05, 4.69) is 19.1 Å². The van der Waals surface area contributed by atoms with Crippen molar-refractivity contribution in [3.05, 3.63) is 12.2 Å². The topological polar surface area (TPSA) is 99.1 Å². The molecule has 2 unspecified atom stereocenters. The summed E-state index contributed by atoms with van der Waals surface area (Å²) in [5.74, 6) is -1.52. The molecule has 0 aromatic carbocycles. The summed E-state index contributed by atoms with van der Waals surface area (Å²) in [6.07, 6.45) is 23.5. The molecule has 0 saturated heterocycles. The highest BCUT2D eigenvalue weighted by Gasteiger charge is 2.31. The third-order valence-corrected chi connectivity index (χ3v) is 7.41. The zero-order chi connectivity index (χ0) is 31.5. The molecule has 8 heteroatoms. The maximum Gasteiger partial charge on any atom is 0.362 e. The molecule has 0 aliphatic carbocycles. The Hall–Kier alpha value is -1.93. The summed E-state index contributed by atoms with van der Waals surface area (Å²) in [5, 5.41) is 9.49. The SMILES string of the molecule is CCCCCCCCC/C=C\CCCCCCCC(=O)OC(COCCC(C(=O)O)[N+](C)(C)C)COC(=O)CCCC. The Kier molecular flexibility index (Phi) is 25.5. The minimum Gasteiger partial charge on any atom is -0.477 e. The van der Waals surface area contributed by atoms with E-state index in [1.807, 2.05) is 28.1 Å². The summed E-state index contributed by atoms with van der Waals surface area (Å²) in [6.45, 7) is 4.47. The van der Waals surface area contributed by atoms with Gasteiger partial charge in [0.25, 0.3) is 0 Å². The Bertz CT molecular complexity index is 717. The molecule has 2 atom stereocenters. The fourth-order valence-electron chi connectivity index (χ4n) is 4.71. The van der Waals surface area contributed by atoms with Crippen LogP contribution in [0.25, 0.3) is 0 Å². The Labute approximate surface area is 257 Å². The van der Waals surface area contributed by atoms with E-state index in [0.717, 1.165) is 44.9 Å². The molecule has 0 radical (unpaired) electrons. The van der Waals surface area contributed by atoms with Gasteiger partial charge in [0.15, 0.2) is 12.1 Å². The van der Waals surface area contributed by atoms with Crippen molar-refractivity contribution in [3.8, 4) is 0 Å². The van der Waals surface area contributed by atoms with E-state index in [4.69, 9.17) is 14.2 Å². The van der Waals surface area contributed by atoms with Crippen LogP contribution in [0.15, 0.2) is 12.2 Å². The molecule has 0 aliphatic rings. The van der Waals surface area contributed by atoms with E-state index < -0.39 is 18.1 Å². The standard InChI is InChI=1S/C34H63NO7/c1-6-8-10-11-12-13-14-15-16-17-18-19-20-21-22-23-25-33(37)42-30(29-41-32(36)24-9-7-2)28-40-27-26-31(34(38)39)35(3,4)5/h16-17,30-31H,6-15,18-29H2,1-5H3/p+1/b17-16-. The summed E-state index contributed by atoms with van der Waals surface area (Å²) >= 11 is 0. The number of hydrogen-bond acceptors (Lipinski definition) is 6. The van der Waals surface area contributed by atoms with Crippen LogP contribution in [0.1, 0.15) is 136 Å². The molecule has 0 aromatic heterocycles. The summed E-state index contributed by atoms with van der Waals surface area (Å²) < 4.78 is 16.8. The number of carbonyl (C=O) groups excluding carboxylic acids is 2. The smallest absolute Gasteiger partial charge is 0.362 e. The maximum absolute atomic E-state index is 12.5. The van der Waals surface area contributed by atoms with Crippen molar-refractivity contribution < 1.29 is 38.2 Å². The van der Waals surface area contributed by atoms with Gasteiger partial charge < -0.3 is 23.8 Å². The van der Waals surface area contributed by atoms with Gasteiger partial charge in [-0.2, -0.15) is 0 Å². The fraction of sp³-hybridized carbons (Fsp3) is 0.853. The lowest BCUT2D eigenvalue weighted by Crippen LogP contribution is -2.50. The number of hydrogen-bond donors (Lipinski definition) is 1. The second-order valence-electron chi connectivity index (χ2n) is 12.4. The van der Waals surface area contributed by atoms with Crippen molar-refractivity contribution in [1.82, 2.24) is 0 Å². The number of rotatable bonds is 29. The van der Waals surface area contributed by atoms with Crippen molar-refractivity contribution in [2.45, 2.75) is 148 Å². The van der Waals surface area contributed by atoms with Crippen LogP contribution >= 0.6 is 0 Å². The molecule has 246 valence electrons. The van der Waals surface area contributed by atoms with Crippen molar-refractivity contribution in [2.24, 2.45) is 0 Å². The molecule has 0 fully saturated rings. The maximum atomic E-state index is 12.5. The van der Waals surface area contributed by atoms with Gasteiger partial charge in [0.2, 0.25) is 0 Å². The zero-order valence-corrected chi connectivity index (χ0v) is 27.7.